The number of hydrogen-bond donors (Lipinski definition) is 1. The van der Waals surface area contributed by atoms with E-state index in [1.54, 1.807) is 0 Å². The molecule has 3 aromatic rings. The van der Waals surface area contributed by atoms with Crippen LogP contribution >= 0.6 is 23.8 Å². The Labute approximate surface area is 182 Å². The summed E-state index contributed by atoms with van der Waals surface area (Å²) in [5.41, 5.74) is 5.67. The fourth-order valence-corrected chi connectivity index (χ4v) is 4.99. The molecule has 4 nitrogen and oxygen atoms in total. The maximum Gasteiger partial charge on any atom is 0.170 e. The minimum atomic E-state index is -0.000545. The number of nitrogens with zero attached hydrogens (tertiary/aromatic N) is 3. The molecule has 2 atom stereocenters. The van der Waals surface area contributed by atoms with Gasteiger partial charge < -0.3 is 14.8 Å². The van der Waals surface area contributed by atoms with Crippen LogP contribution in [0.2, 0.25) is 5.02 Å². The van der Waals surface area contributed by atoms with E-state index < -0.39 is 0 Å². The van der Waals surface area contributed by atoms with E-state index in [9.17, 15) is 0 Å². The Hall–Kier alpha value is -2.37. The number of benzene rings is 1. The van der Waals surface area contributed by atoms with Crippen molar-refractivity contribution in [2.45, 2.75) is 45.8 Å². The summed E-state index contributed by atoms with van der Waals surface area (Å²) in [7, 11) is 0. The lowest BCUT2D eigenvalue weighted by Gasteiger charge is -2.31. The summed E-state index contributed by atoms with van der Waals surface area (Å²) in [6.07, 6.45) is 1.84. The number of halogens is 1. The Bertz CT molecular complexity index is 1040. The second-order valence-electron chi connectivity index (χ2n) is 7.77. The molecular formula is C23H25ClN4S. The van der Waals surface area contributed by atoms with Gasteiger partial charge in [0.25, 0.3) is 0 Å². The molecule has 0 amide bonds. The molecule has 0 radical (unpaired) electrons. The molecular weight excluding hydrogens is 400 g/mol. The SMILES string of the molecule is Cc1cc([C@H]2[C@H](c3ccccn3)NC(=S)N2C(C)C)c(C)n1-c1cccc(Cl)c1. The van der Waals surface area contributed by atoms with Gasteiger partial charge in [0, 0.05) is 34.3 Å². The molecule has 0 bridgehead atoms. The number of thiocarbonyl (C=S) groups is 1. The number of pyridine rings is 1. The lowest BCUT2D eigenvalue weighted by molar-refractivity contribution is 0.269. The van der Waals surface area contributed by atoms with Crippen LogP contribution in [0.25, 0.3) is 5.69 Å². The van der Waals surface area contributed by atoms with E-state index in [-0.39, 0.29) is 18.1 Å². The van der Waals surface area contributed by atoms with Crippen molar-refractivity contribution >= 4 is 28.9 Å². The van der Waals surface area contributed by atoms with Gasteiger partial charge in [-0.25, -0.2) is 0 Å². The highest BCUT2D eigenvalue weighted by atomic mass is 35.5. The third-order valence-electron chi connectivity index (χ3n) is 5.55. The highest BCUT2D eigenvalue weighted by molar-refractivity contribution is 7.80. The first kappa shape index (κ1) is 19.9. The predicted octanol–water partition coefficient (Wildman–Crippen LogP) is 5.52. The fourth-order valence-electron chi connectivity index (χ4n) is 4.35. The van der Waals surface area contributed by atoms with Crippen LogP contribution in [0.4, 0.5) is 0 Å². The van der Waals surface area contributed by atoms with Crippen molar-refractivity contribution in [3.05, 3.63) is 82.4 Å². The van der Waals surface area contributed by atoms with E-state index in [0.717, 1.165) is 21.5 Å². The Balaban J connectivity index is 1.86. The van der Waals surface area contributed by atoms with Crippen LogP contribution in [0.1, 0.15) is 48.6 Å². The number of aryl methyl sites for hydroxylation is 1. The molecule has 1 aliphatic rings. The van der Waals surface area contributed by atoms with Crippen molar-refractivity contribution in [2.24, 2.45) is 0 Å². The summed E-state index contributed by atoms with van der Waals surface area (Å²) >= 11 is 12.0. The molecule has 1 aliphatic heterocycles. The van der Waals surface area contributed by atoms with Gasteiger partial charge in [0.05, 0.1) is 17.8 Å². The number of nitrogens with one attached hydrogen (secondary N) is 1. The summed E-state index contributed by atoms with van der Waals surface area (Å²) in [4.78, 5) is 6.91. The van der Waals surface area contributed by atoms with Crippen molar-refractivity contribution < 1.29 is 0 Å². The van der Waals surface area contributed by atoms with E-state index in [1.165, 1.54) is 17.0 Å². The zero-order valence-electron chi connectivity index (χ0n) is 17.1. The largest absolute Gasteiger partial charge is 0.352 e. The average molecular weight is 425 g/mol. The van der Waals surface area contributed by atoms with Gasteiger partial charge in [-0.2, -0.15) is 0 Å². The zero-order valence-corrected chi connectivity index (χ0v) is 18.6. The Kier molecular flexibility index (Phi) is 5.36. The van der Waals surface area contributed by atoms with Gasteiger partial charge in [-0.05, 0) is 81.9 Å². The highest BCUT2D eigenvalue weighted by Crippen LogP contribution is 2.42. The predicted molar refractivity (Wildman–Crippen MR) is 123 cm³/mol. The van der Waals surface area contributed by atoms with Crippen LogP contribution in [0.15, 0.2) is 54.7 Å². The minimum absolute atomic E-state index is 0.000545. The van der Waals surface area contributed by atoms with E-state index >= 15 is 0 Å². The molecule has 4 rings (SSSR count). The topological polar surface area (TPSA) is 33.1 Å². The van der Waals surface area contributed by atoms with E-state index in [1.807, 2.05) is 36.5 Å². The normalized spacial score (nSPS) is 19.1. The standard InChI is InChI=1S/C23H25ClN4S/c1-14(2)27-22(21(26-23(27)29)20-10-5-6-11-25-20)19-12-15(3)28(16(19)4)18-9-7-8-17(24)13-18/h5-14,21-22H,1-4H3,(H,26,29)/t21-,22-/m0/s1. The van der Waals surface area contributed by atoms with E-state index in [0.29, 0.717) is 0 Å². The molecule has 0 saturated carbocycles. The van der Waals surface area contributed by atoms with E-state index in [2.05, 4.69) is 65.7 Å². The number of aromatic nitrogens is 2. The third-order valence-corrected chi connectivity index (χ3v) is 6.11. The van der Waals surface area contributed by atoms with Crippen molar-refractivity contribution in [1.29, 1.82) is 0 Å². The average Bonchev–Trinajstić information content (AvgIpc) is 3.18. The Morgan fingerprint density at radius 3 is 2.55 bits per heavy atom. The van der Waals surface area contributed by atoms with Gasteiger partial charge in [-0.3, -0.25) is 4.98 Å². The van der Waals surface area contributed by atoms with Gasteiger partial charge in [0.2, 0.25) is 0 Å². The summed E-state index contributed by atoms with van der Waals surface area (Å²) in [5.74, 6) is 0. The molecule has 1 N–H and O–H groups in total. The van der Waals surface area contributed by atoms with Gasteiger partial charge in [-0.1, -0.05) is 23.7 Å². The maximum absolute atomic E-state index is 6.26. The quantitative estimate of drug-likeness (QED) is 0.558. The number of rotatable bonds is 4. The van der Waals surface area contributed by atoms with E-state index in [4.69, 9.17) is 23.8 Å². The summed E-state index contributed by atoms with van der Waals surface area (Å²) in [5, 5.41) is 5.02. The van der Waals surface area contributed by atoms with Gasteiger partial charge in [0.1, 0.15) is 0 Å². The van der Waals surface area contributed by atoms with Crippen molar-refractivity contribution in [3.63, 3.8) is 0 Å². The molecule has 1 saturated heterocycles. The van der Waals surface area contributed by atoms with Gasteiger partial charge in [0.15, 0.2) is 5.11 Å². The van der Waals surface area contributed by atoms with Gasteiger partial charge in [-0.15, -0.1) is 0 Å². The van der Waals surface area contributed by atoms with Crippen LogP contribution in [0.3, 0.4) is 0 Å². The van der Waals surface area contributed by atoms with Crippen LogP contribution in [-0.2, 0) is 0 Å². The molecule has 0 spiro atoms. The molecule has 1 fully saturated rings. The summed E-state index contributed by atoms with van der Waals surface area (Å²) in [6.45, 7) is 8.65. The molecule has 1 aromatic carbocycles. The number of hydrogen-bond acceptors (Lipinski definition) is 2. The smallest absolute Gasteiger partial charge is 0.170 e. The molecule has 3 heterocycles. The van der Waals surface area contributed by atoms with Crippen LogP contribution < -0.4 is 5.32 Å². The first-order valence-electron chi connectivity index (χ1n) is 9.83. The molecule has 0 aliphatic carbocycles. The lowest BCUT2D eigenvalue weighted by atomic mass is 9.96. The monoisotopic (exact) mass is 424 g/mol. The Morgan fingerprint density at radius 2 is 1.90 bits per heavy atom. The van der Waals surface area contributed by atoms with Gasteiger partial charge >= 0.3 is 0 Å². The first-order valence-corrected chi connectivity index (χ1v) is 10.6. The summed E-state index contributed by atoms with van der Waals surface area (Å²) in [6, 6.07) is 16.6. The molecule has 29 heavy (non-hydrogen) atoms. The highest BCUT2D eigenvalue weighted by Gasteiger charge is 2.42. The molecule has 6 heteroatoms. The first-order chi connectivity index (χ1) is 13.9. The van der Waals surface area contributed by atoms with Crippen LogP contribution in [0.5, 0.6) is 0 Å². The second kappa shape index (κ2) is 7.81. The van der Waals surface area contributed by atoms with Crippen molar-refractivity contribution in [3.8, 4) is 5.69 Å². The van der Waals surface area contributed by atoms with Crippen molar-refractivity contribution in [1.82, 2.24) is 19.8 Å². The minimum Gasteiger partial charge on any atom is -0.352 e. The molecule has 2 aromatic heterocycles. The third kappa shape index (κ3) is 3.53. The molecule has 150 valence electrons. The maximum atomic E-state index is 6.26. The summed E-state index contributed by atoms with van der Waals surface area (Å²) < 4.78 is 2.26. The van der Waals surface area contributed by atoms with Crippen LogP contribution in [-0.4, -0.2) is 25.6 Å². The van der Waals surface area contributed by atoms with Crippen molar-refractivity contribution in [2.75, 3.05) is 0 Å². The van der Waals surface area contributed by atoms with Crippen LogP contribution in [0, 0.1) is 13.8 Å². The zero-order chi connectivity index (χ0) is 20.7. The lowest BCUT2D eigenvalue weighted by Crippen LogP contribution is -2.35. The fraction of sp³-hybridized carbons (Fsp3) is 0.304. The Morgan fingerprint density at radius 1 is 1.10 bits per heavy atom. The second-order valence-corrected chi connectivity index (χ2v) is 8.59. The molecule has 0 unspecified atom stereocenters.